The fourth-order valence-electron chi connectivity index (χ4n) is 2.34. The quantitative estimate of drug-likeness (QED) is 0.781. The lowest BCUT2D eigenvalue weighted by atomic mass is 10.1. The van der Waals surface area contributed by atoms with Crippen LogP contribution in [0.25, 0.3) is 11.0 Å². The molecule has 3 rings (SSSR count). The van der Waals surface area contributed by atoms with Gasteiger partial charge in [-0.15, -0.1) is 0 Å². The molecule has 0 aliphatic rings. The van der Waals surface area contributed by atoms with Gasteiger partial charge in [0.15, 0.2) is 0 Å². The van der Waals surface area contributed by atoms with Gasteiger partial charge in [0.2, 0.25) is 0 Å². The van der Waals surface area contributed by atoms with Crippen LogP contribution < -0.4 is 10.1 Å². The first-order valence-electron chi connectivity index (χ1n) is 6.91. The highest BCUT2D eigenvalue weighted by Crippen LogP contribution is 2.19. The Labute approximate surface area is 123 Å². The lowest BCUT2D eigenvalue weighted by Crippen LogP contribution is -2.07. The number of aromatic nitrogens is 3. The number of ether oxygens (including phenoxy) is 1. The Kier molecular flexibility index (Phi) is 3.73. The van der Waals surface area contributed by atoms with Gasteiger partial charge in [0, 0.05) is 19.8 Å². The monoisotopic (exact) mass is 282 g/mol. The van der Waals surface area contributed by atoms with Crippen molar-refractivity contribution in [2.75, 3.05) is 19.0 Å². The van der Waals surface area contributed by atoms with Crippen molar-refractivity contribution in [3.05, 3.63) is 48.4 Å². The Morgan fingerprint density at radius 1 is 1.14 bits per heavy atom. The summed E-state index contributed by atoms with van der Waals surface area (Å²) in [5.74, 6) is 1.77. The van der Waals surface area contributed by atoms with Gasteiger partial charge in [-0.3, -0.25) is 0 Å². The van der Waals surface area contributed by atoms with Gasteiger partial charge in [-0.2, -0.15) is 0 Å². The first kappa shape index (κ1) is 13.4. The van der Waals surface area contributed by atoms with Crippen molar-refractivity contribution in [2.45, 2.75) is 6.42 Å². The first-order chi connectivity index (χ1) is 10.3. The van der Waals surface area contributed by atoms with Crippen molar-refractivity contribution in [1.82, 2.24) is 14.5 Å². The van der Waals surface area contributed by atoms with E-state index in [2.05, 4.69) is 27.4 Å². The molecule has 0 amide bonds. The molecule has 0 bridgehead atoms. The Morgan fingerprint density at radius 2 is 1.95 bits per heavy atom. The molecule has 0 aliphatic heterocycles. The van der Waals surface area contributed by atoms with Crippen LogP contribution in [-0.2, 0) is 13.5 Å². The predicted molar refractivity (Wildman–Crippen MR) is 83.7 cm³/mol. The molecule has 2 aromatic heterocycles. The number of methoxy groups -OCH3 is 1. The molecular formula is C16H18N4O. The Morgan fingerprint density at radius 3 is 2.71 bits per heavy atom. The Hall–Kier alpha value is -2.56. The van der Waals surface area contributed by atoms with Crippen molar-refractivity contribution in [1.29, 1.82) is 0 Å². The van der Waals surface area contributed by atoms with Crippen LogP contribution in [0.1, 0.15) is 5.56 Å². The zero-order valence-corrected chi connectivity index (χ0v) is 12.2. The van der Waals surface area contributed by atoms with Crippen LogP contribution in [0.3, 0.4) is 0 Å². The summed E-state index contributed by atoms with van der Waals surface area (Å²) in [5.41, 5.74) is 2.21. The van der Waals surface area contributed by atoms with Gasteiger partial charge in [0.25, 0.3) is 0 Å². The van der Waals surface area contributed by atoms with Gasteiger partial charge in [0.1, 0.15) is 23.5 Å². The lowest BCUT2D eigenvalue weighted by molar-refractivity contribution is 0.414. The molecule has 0 saturated heterocycles. The summed E-state index contributed by atoms with van der Waals surface area (Å²) < 4.78 is 7.15. The van der Waals surface area contributed by atoms with E-state index in [1.165, 1.54) is 5.56 Å². The van der Waals surface area contributed by atoms with Crippen LogP contribution in [0.5, 0.6) is 5.75 Å². The van der Waals surface area contributed by atoms with Gasteiger partial charge in [-0.1, -0.05) is 12.1 Å². The second kappa shape index (κ2) is 5.83. The van der Waals surface area contributed by atoms with E-state index >= 15 is 0 Å². The number of hydrogen-bond acceptors (Lipinski definition) is 4. The topological polar surface area (TPSA) is 52.0 Å². The SMILES string of the molecule is COc1ccc(CCNc2ncnc3c2ccn3C)cc1. The molecule has 0 spiro atoms. The van der Waals surface area contributed by atoms with Crippen LogP contribution in [0.4, 0.5) is 5.82 Å². The molecular weight excluding hydrogens is 264 g/mol. The van der Waals surface area contributed by atoms with E-state index in [4.69, 9.17) is 4.74 Å². The summed E-state index contributed by atoms with van der Waals surface area (Å²) in [7, 11) is 3.66. The number of nitrogens with one attached hydrogen (secondary N) is 1. The summed E-state index contributed by atoms with van der Waals surface area (Å²) in [6, 6.07) is 10.2. The molecule has 0 saturated carbocycles. The van der Waals surface area contributed by atoms with Crippen LogP contribution >= 0.6 is 0 Å². The van der Waals surface area contributed by atoms with E-state index in [1.807, 2.05) is 36.0 Å². The van der Waals surface area contributed by atoms with E-state index in [-0.39, 0.29) is 0 Å². The van der Waals surface area contributed by atoms with Crippen LogP contribution in [0.2, 0.25) is 0 Å². The number of nitrogens with zero attached hydrogens (tertiary/aromatic N) is 3. The van der Waals surface area contributed by atoms with Crippen molar-refractivity contribution in [3.8, 4) is 5.75 Å². The van der Waals surface area contributed by atoms with Gasteiger partial charge in [-0.25, -0.2) is 9.97 Å². The molecule has 0 atom stereocenters. The maximum absolute atomic E-state index is 5.16. The average Bonchev–Trinajstić information content (AvgIpc) is 2.91. The average molecular weight is 282 g/mol. The highest BCUT2D eigenvalue weighted by atomic mass is 16.5. The third-order valence-electron chi connectivity index (χ3n) is 3.53. The minimum absolute atomic E-state index is 0.827. The number of fused-ring (bicyclic) bond motifs is 1. The number of benzene rings is 1. The fourth-order valence-corrected chi connectivity index (χ4v) is 2.34. The van der Waals surface area contributed by atoms with Gasteiger partial charge >= 0.3 is 0 Å². The lowest BCUT2D eigenvalue weighted by Gasteiger charge is -2.07. The van der Waals surface area contributed by atoms with Crippen molar-refractivity contribution >= 4 is 16.9 Å². The van der Waals surface area contributed by atoms with E-state index < -0.39 is 0 Å². The molecule has 0 fully saturated rings. The Balaban J connectivity index is 1.66. The molecule has 0 unspecified atom stereocenters. The van der Waals surface area contributed by atoms with Crippen LogP contribution in [0, 0.1) is 0 Å². The molecule has 5 heteroatoms. The number of aryl methyl sites for hydroxylation is 1. The first-order valence-corrected chi connectivity index (χ1v) is 6.91. The van der Waals surface area contributed by atoms with Crippen molar-refractivity contribution in [3.63, 3.8) is 0 Å². The van der Waals surface area contributed by atoms with Crippen LogP contribution in [0.15, 0.2) is 42.9 Å². The summed E-state index contributed by atoms with van der Waals surface area (Å²) in [6.45, 7) is 0.827. The second-order valence-corrected chi connectivity index (χ2v) is 4.91. The third kappa shape index (κ3) is 2.81. The highest BCUT2D eigenvalue weighted by Gasteiger charge is 2.05. The molecule has 1 N–H and O–H groups in total. The van der Waals surface area contributed by atoms with E-state index in [0.717, 1.165) is 35.6 Å². The summed E-state index contributed by atoms with van der Waals surface area (Å²) >= 11 is 0. The minimum Gasteiger partial charge on any atom is -0.497 e. The van der Waals surface area contributed by atoms with E-state index in [0.29, 0.717) is 0 Å². The zero-order chi connectivity index (χ0) is 14.7. The molecule has 0 radical (unpaired) electrons. The largest absolute Gasteiger partial charge is 0.497 e. The fraction of sp³-hybridized carbons (Fsp3) is 0.250. The molecule has 2 heterocycles. The van der Waals surface area contributed by atoms with Crippen molar-refractivity contribution in [2.24, 2.45) is 7.05 Å². The van der Waals surface area contributed by atoms with Crippen LogP contribution in [-0.4, -0.2) is 28.2 Å². The number of anilines is 1. The number of rotatable bonds is 5. The molecule has 0 aliphatic carbocycles. The van der Waals surface area contributed by atoms with Gasteiger partial charge < -0.3 is 14.6 Å². The van der Waals surface area contributed by atoms with E-state index in [9.17, 15) is 0 Å². The maximum Gasteiger partial charge on any atom is 0.145 e. The summed E-state index contributed by atoms with van der Waals surface area (Å²) in [4.78, 5) is 8.61. The minimum atomic E-state index is 0.827. The third-order valence-corrected chi connectivity index (χ3v) is 3.53. The molecule has 21 heavy (non-hydrogen) atoms. The maximum atomic E-state index is 5.16. The second-order valence-electron chi connectivity index (χ2n) is 4.91. The van der Waals surface area contributed by atoms with E-state index in [1.54, 1.807) is 13.4 Å². The normalized spacial score (nSPS) is 10.8. The standard InChI is InChI=1S/C16H18N4O/c1-20-10-8-14-15(18-11-19-16(14)20)17-9-7-12-3-5-13(21-2)6-4-12/h3-6,8,10-11H,7,9H2,1-2H3,(H,17,18,19). The Bertz CT molecular complexity index is 734. The zero-order valence-electron chi connectivity index (χ0n) is 12.2. The predicted octanol–water partition coefficient (Wildman–Crippen LogP) is 2.63. The highest BCUT2D eigenvalue weighted by molar-refractivity contribution is 5.87. The van der Waals surface area contributed by atoms with Gasteiger partial charge in [0.05, 0.1) is 12.5 Å². The molecule has 5 nitrogen and oxygen atoms in total. The van der Waals surface area contributed by atoms with Crippen molar-refractivity contribution < 1.29 is 4.74 Å². The smallest absolute Gasteiger partial charge is 0.145 e. The number of hydrogen-bond donors (Lipinski definition) is 1. The summed E-state index contributed by atoms with van der Waals surface area (Å²) in [6.07, 6.45) is 4.52. The molecule has 3 aromatic rings. The molecule has 108 valence electrons. The van der Waals surface area contributed by atoms with Gasteiger partial charge in [-0.05, 0) is 30.2 Å². The molecule has 1 aromatic carbocycles. The summed E-state index contributed by atoms with van der Waals surface area (Å²) in [5, 5.41) is 4.43.